The van der Waals surface area contributed by atoms with Crippen LogP contribution in [0, 0.1) is 5.21 Å². The van der Waals surface area contributed by atoms with Gasteiger partial charge < -0.3 is 24.9 Å². The van der Waals surface area contributed by atoms with E-state index in [-0.39, 0.29) is 24.0 Å². The molecule has 3 atom stereocenters. The molecule has 1 fully saturated rings. The Balaban J connectivity index is 1.53. The van der Waals surface area contributed by atoms with Crippen LogP contribution in [-0.4, -0.2) is 75.5 Å². The number of carbonyl (C=O) groups is 2. The van der Waals surface area contributed by atoms with Gasteiger partial charge in [-0.25, -0.2) is 5.21 Å². The molecule has 1 aromatic heterocycles. The highest BCUT2D eigenvalue weighted by Crippen LogP contribution is 2.42. The van der Waals surface area contributed by atoms with Gasteiger partial charge in [0.1, 0.15) is 6.04 Å². The fourth-order valence-electron chi connectivity index (χ4n) is 5.73. The molecular weight excluding hydrogens is 458 g/mol. The molecule has 2 aliphatic heterocycles. The quantitative estimate of drug-likeness (QED) is 0.418. The highest BCUT2D eigenvalue weighted by atomic mass is 16.8. The Bertz CT molecular complexity index is 1270. The molecule has 9 nitrogen and oxygen atoms in total. The minimum absolute atomic E-state index is 0.0375. The Morgan fingerprint density at radius 3 is 2.67 bits per heavy atom. The van der Waals surface area contributed by atoms with Crippen LogP contribution < -0.4 is 5.23 Å². The molecule has 2 unspecified atom stereocenters. The standard InChI is InChI=1S/C27H33N5O4/c1-3-29(4-2)13-8-14-30-17-24(33)31-23(27(30)34)16-21-20-11-5-6-12-22(20)28-25(21)26(31)18-9-7-10-19(15-18)32(35)36/h5-7,9-12,15,23,26,28,32,35H,3-4,8,13-14,16-17H2,1-2H3/t23-,26?/m0/s1. The lowest BCUT2D eigenvalue weighted by Gasteiger charge is -2.47. The van der Waals surface area contributed by atoms with Gasteiger partial charge in [0.05, 0.1) is 12.6 Å². The number of benzene rings is 2. The van der Waals surface area contributed by atoms with Crippen molar-refractivity contribution in [3.05, 3.63) is 70.6 Å². The number of amides is 2. The smallest absolute Gasteiger partial charge is 0.246 e. The van der Waals surface area contributed by atoms with Crippen LogP contribution >= 0.6 is 0 Å². The molecular formula is C27H33N5O4. The van der Waals surface area contributed by atoms with Gasteiger partial charge in [0.25, 0.3) is 0 Å². The molecule has 0 radical (unpaired) electrons. The number of H-pyrrole nitrogens is 1. The van der Waals surface area contributed by atoms with Crippen molar-refractivity contribution in [2.45, 2.75) is 38.8 Å². The van der Waals surface area contributed by atoms with Crippen molar-refractivity contribution < 1.29 is 20.0 Å². The average molecular weight is 492 g/mol. The van der Waals surface area contributed by atoms with Crippen molar-refractivity contribution in [2.24, 2.45) is 0 Å². The first kappa shape index (κ1) is 24.5. The fraction of sp³-hybridized carbons (Fsp3) is 0.407. The number of rotatable bonds is 8. The number of hydrogen-bond acceptors (Lipinski definition) is 5. The van der Waals surface area contributed by atoms with Crippen molar-refractivity contribution in [1.82, 2.24) is 19.7 Å². The topological polar surface area (TPSA) is 107 Å². The second-order valence-electron chi connectivity index (χ2n) is 9.56. The molecule has 5 rings (SSSR count). The first-order valence-electron chi connectivity index (χ1n) is 12.7. The lowest BCUT2D eigenvalue weighted by molar-refractivity contribution is -0.991. The number of quaternary nitrogens is 1. The van der Waals surface area contributed by atoms with Gasteiger partial charge in [-0.15, -0.1) is 0 Å². The van der Waals surface area contributed by atoms with Crippen molar-refractivity contribution in [1.29, 1.82) is 0 Å². The predicted octanol–water partition coefficient (Wildman–Crippen LogP) is 1.99. The summed E-state index contributed by atoms with van der Waals surface area (Å²) in [6, 6.07) is 13.4. The zero-order chi connectivity index (χ0) is 25.4. The highest BCUT2D eigenvalue weighted by molar-refractivity contribution is 5.97. The molecule has 3 heterocycles. The second kappa shape index (κ2) is 10.0. The van der Waals surface area contributed by atoms with Crippen LogP contribution in [0.4, 0.5) is 5.69 Å². The number of aromatic nitrogens is 1. The summed E-state index contributed by atoms with van der Waals surface area (Å²) in [7, 11) is 0. The first-order valence-corrected chi connectivity index (χ1v) is 12.7. The number of piperazine rings is 1. The molecule has 2 aliphatic rings. The number of para-hydroxylation sites is 1. The molecule has 3 aromatic rings. The van der Waals surface area contributed by atoms with Gasteiger partial charge in [-0.05, 0) is 43.2 Å². The van der Waals surface area contributed by atoms with E-state index in [9.17, 15) is 20.0 Å². The average Bonchev–Trinajstić information content (AvgIpc) is 3.26. The molecule has 3 N–H and O–H groups in total. The van der Waals surface area contributed by atoms with Gasteiger partial charge >= 0.3 is 0 Å². The Morgan fingerprint density at radius 1 is 1.14 bits per heavy atom. The van der Waals surface area contributed by atoms with E-state index in [1.807, 2.05) is 30.3 Å². The number of fused-ring (bicyclic) bond motifs is 4. The van der Waals surface area contributed by atoms with Crippen LogP contribution in [0.2, 0.25) is 0 Å². The highest BCUT2D eigenvalue weighted by Gasteiger charge is 2.48. The molecule has 0 bridgehead atoms. The molecule has 2 amide bonds. The van der Waals surface area contributed by atoms with Crippen LogP contribution in [0.15, 0.2) is 48.5 Å². The minimum Gasteiger partial charge on any atom is -0.595 e. The molecule has 0 saturated carbocycles. The van der Waals surface area contributed by atoms with E-state index in [1.54, 1.807) is 28.0 Å². The second-order valence-corrected chi connectivity index (χ2v) is 9.56. The van der Waals surface area contributed by atoms with E-state index in [1.165, 1.54) is 0 Å². The first-order chi connectivity index (χ1) is 17.4. The van der Waals surface area contributed by atoms with Crippen LogP contribution in [0.25, 0.3) is 10.9 Å². The summed E-state index contributed by atoms with van der Waals surface area (Å²) in [5, 5.41) is 21.3. The molecule has 2 aromatic carbocycles. The third-order valence-electron chi connectivity index (χ3n) is 7.59. The monoisotopic (exact) mass is 491 g/mol. The zero-order valence-electron chi connectivity index (χ0n) is 20.7. The fourth-order valence-corrected chi connectivity index (χ4v) is 5.73. The zero-order valence-corrected chi connectivity index (χ0v) is 20.7. The van der Waals surface area contributed by atoms with Crippen molar-refractivity contribution >= 4 is 28.4 Å². The van der Waals surface area contributed by atoms with Crippen LogP contribution in [0.1, 0.15) is 43.1 Å². The SMILES string of the molecule is CCN(CC)CCCN1CC(=O)N2C(c3cccc([NH+]([O-])O)c3)c3[nH]c4ccccc4c3C[C@H]2C1=O. The normalized spacial score (nSPS) is 20.7. The summed E-state index contributed by atoms with van der Waals surface area (Å²) in [5.41, 5.74) is 3.65. The number of carbonyl (C=O) groups excluding carboxylic acids is 2. The molecule has 36 heavy (non-hydrogen) atoms. The van der Waals surface area contributed by atoms with Gasteiger partial charge in [0, 0.05) is 41.7 Å². The minimum atomic E-state index is -1.03. The summed E-state index contributed by atoms with van der Waals surface area (Å²) < 4.78 is 0. The summed E-state index contributed by atoms with van der Waals surface area (Å²) >= 11 is 0. The van der Waals surface area contributed by atoms with Gasteiger partial charge in [0.2, 0.25) is 11.8 Å². The molecule has 0 spiro atoms. The summed E-state index contributed by atoms with van der Waals surface area (Å²) in [5.74, 6) is -0.151. The van der Waals surface area contributed by atoms with Gasteiger partial charge in [-0.3, -0.25) is 9.59 Å². The van der Waals surface area contributed by atoms with Crippen LogP contribution in [0.3, 0.4) is 0 Å². The molecule has 0 aliphatic carbocycles. The number of nitrogens with one attached hydrogen (secondary N) is 2. The van der Waals surface area contributed by atoms with E-state index >= 15 is 0 Å². The third-order valence-corrected chi connectivity index (χ3v) is 7.59. The van der Waals surface area contributed by atoms with Gasteiger partial charge in [0.15, 0.2) is 5.69 Å². The maximum Gasteiger partial charge on any atom is 0.246 e. The van der Waals surface area contributed by atoms with Crippen LogP contribution in [-0.2, 0) is 16.0 Å². The Morgan fingerprint density at radius 2 is 1.92 bits per heavy atom. The third kappa shape index (κ3) is 4.28. The van der Waals surface area contributed by atoms with E-state index in [0.29, 0.717) is 18.5 Å². The maximum atomic E-state index is 13.8. The molecule has 190 valence electrons. The van der Waals surface area contributed by atoms with E-state index in [0.717, 1.165) is 48.2 Å². The van der Waals surface area contributed by atoms with Gasteiger partial charge in [-0.2, -0.15) is 5.23 Å². The number of aromatic amines is 1. The predicted molar refractivity (Wildman–Crippen MR) is 136 cm³/mol. The molecule has 1 saturated heterocycles. The van der Waals surface area contributed by atoms with E-state index in [2.05, 4.69) is 23.7 Å². The Kier molecular flexibility index (Phi) is 6.81. The van der Waals surface area contributed by atoms with Crippen molar-refractivity contribution in [3.63, 3.8) is 0 Å². The lowest BCUT2D eigenvalue weighted by atomic mass is 9.86. The van der Waals surface area contributed by atoms with Gasteiger partial charge in [-0.1, -0.05) is 44.2 Å². The molecule has 9 heteroatoms. The summed E-state index contributed by atoms with van der Waals surface area (Å²) in [4.78, 5) is 36.5. The van der Waals surface area contributed by atoms with Crippen molar-refractivity contribution in [3.8, 4) is 0 Å². The largest absolute Gasteiger partial charge is 0.595 e. The summed E-state index contributed by atoms with van der Waals surface area (Å²) in [6.07, 6.45) is 1.25. The van der Waals surface area contributed by atoms with E-state index in [4.69, 9.17) is 0 Å². The number of nitrogens with zero attached hydrogens (tertiary/aromatic N) is 3. The van der Waals surface area contributed by atoms with Crippen LogP contribution in [0.5, 0.6) is 0 Å². The van der Waals surface area contributed by atoms with Crippen molar-refractivity contribution in [2.75, 3.05) is 32.7 Å². The lowest BCUT2D eigenvalue weighted by Crippen LogP contribution is -2.99. The summed E-state index contributed by atoms with van der Waals surface area (Å²) in [6.45, 7) is 7.63. The Hall–Kier alpha value is -3.24. The van der Waals surface area contributed by atoms with E-state index < -0.39 is 17.3 Å². The maximum absolute atomic E-state index is 13.8. The Labute approximate surface area is 210 Å². The number of hydrogen-bond donors (Lipinski definition) is 3.